The summed E-state index contributed by atoms with van der Waals surface area (Å²) in [7, 11) is 0. The average Bonchev–Trinajstić information content (AvgIpc) is 3.42. The number of carbonyl (C=O) groups excluding carboxylic acids is 1. The Morgan fingerprint density at radius 1 is 0.963 bits per heavy atom. The van der Waals surface area contributed by atoms with E-state index in [1.165, 1.54) is 60.9 Å². The number of aromatic amines is 1. The fraction of sp³-hybridized carbons (Fsp3) is 0.591. The second-order valence-electron chi connectivity index (χ2n) is 8.41. The van der Waals surface area contributed by atoms with Gasteiger partial charge in [0.1, 0.15) is 0 Å². The molecule has 144 valence electrons. The molecule has 1 N–H and O–H groups in total. The van der Waals surface area contributed by atoms with Gasteiger partial charge in [-0.15, -0.1) is 0 Å². The maximum atomic E-state index is 13.2. The van der Waals surface area contributed by atoms with Gasteiger partial charge in [-0.1, -0.05) is 18.2 Å². The van der Waals surface area contributed by atoms with E-state index < -0.39 is 0 Å². The second kappa shape index (κ2) is 7.28. The van der Waals surface area contributed by atoms with Crippen LogP contribution in [-0.4, -0.2) is 71.4 Å². The van der Waals surface area contributed by atoms with Crippen molar-refractivity contribution in [3.63, 3.8) is 0 Å². The summed E-state index contributed by atoms with van der Waals surface area (Å²) in [4.78, 5) is 23.9. The third kappa shape index (κ3) is 3.27. The van der Waals surface area contributed by atoms with Crippen LogP contribution in [0, 0.1) is 0 Å². The van der Waals surface area contributed by atoms with Gasteiger partial charge in [0, 0.05) is 29.7 Å². The average molecular weight is 367 g/mol. The summed E-state index contributed by atoms with van der Waals surface area (Å²) in [6.45, 7) is 6.89. The van der Waals surface area contributed by atoms with Gasteiger partial charge in [-0.3, -0.25) is 9.69 Å². The fourth-order valence-corrected chi connectivity index (χ4v) is 5.24. The van der Waals surface area contributed by atoms with E-state index in [1.54, 1.807) is 0 Å². The summed E-state index contributed by atoms with van der Waals surface area (Å²) in [5.74, 6) is 0.311. The number of amides is 1. The van der Waals surface area contributed by atoms with E-state index in [-0.39, 0.29) is 6.04 Å². The van der Waals surface area contributed by atoms with Gasteiger partial charge in [0.25, 0.3) is 0 Å². The zero-order valence-electron chi connectivity index (χ0n) is 16.1. The predicted octanol–water partition coefficient (Wildman–Crippen LogP) is 2.79. The molecule has 2 fully saturated rings. The normalized spacial score (nSPS) is 24.0. The van der Waals surface area contributed by atoms with Crippen LogP contribution in [0.5, 0.6) is 0 Å². The van der Waals surface area contributed by atoms with E-state index >= 15 is 0 Å². The number of nitrogens with zero attached hydrogens (tertiary/aromatic N) is 3. The number of aromatic nitrogens is 1. The van der Waals surface area contributed by atoms with E-state index in [9.17, 15) is 4.79 Å². The lowest BCUT2D eigenvalue weighted by atomic mass is 9.96. The Hall–Kier alpha value is -1.85. The van der Waals surface area contributed by atoms with Gasteiger partial charge in [-0.2, -0.15) is 0 Å². The number of hydrogen-bond donors (Lipinski definition) is 1. The van der Waals surface area contributed by atoms with Crippen molar-refractivity contribution in [2.45, 2.75) is 38.1 Å². The highest BCUT2D eigenvalue weighted by Gasteiger charge is 2.35. The lowest BCUT2D eigenvalue weighted by Crippen LogP contribution is -2.48. The van der Waals surface area contributed by atoms with Crippen LogP contribution in [0.1, 0.15) is 43.0 Å². The SMILES string of the molecule is O=C(CN1CCCC1)N1CCc2c([nH]c3ccccc23)C1CN1CCCC1. The minimum absolute atomic E-state index is 0.161. The Bertz CT molecular complexity index is 817. The van der Waals surface area contributed by atoms with Gasteiger partial charge in [0.15, 0.2) is 0 Å². The first-order chi connectivity index (χ1) is 13.3. The first-order valence-electron chi connectivity index (χ1n) is 10.6. The van der Waals surface area contributed by atoms with Crippen LogP contribution in [-0.2, 0) is 11.2 Å². The number of rotatable bonds is 4. The highest BCUT2D eigenvalue weighted by molar-refractivity contribution is 5.86. The standard InChI is InChI=1S/C22H30N4O/c27-21(16-25-12-5-6-13-25)26-14-9-18-17-7-1-2-8-19(17)23-22(18)20(26)15-24-10-3-4-11-24/h1-2,7-8,20,23H,3-6,9-16H2. The Morgan fingerprint density at radius 3 is 2.44 bits per heavy atom. The topological polar surface area (TPSA) is 42.6 Å². The van der Waals surface area contributed by atoms with Gasteiger partial charge >= 0.3 is 0 Å². The molecule has 3 aliphatic heterocycles. The molecule has 1 amide bonds. The maximum Gasteiger partial charge on any atom is 0.237 e. The molecule has 0 spiro atoms. The number of hydrogen-bond acceptors (Lipinski definition) is 3. The Morgan fingerprint density at radius 2 is 1.67 bits per heavy atom. The van der Waals surface area contributed by atoms with Crippen LogP contribution in [0.15, 0.2) is 24.3 Å². The van der Waals surface area contributed by atoms with Crippen molar-refractivity contribution >= 4 is 16.8 Å². The highest BCUT2D eigenvalue weighted by Crippen LogP contribution is 2.35. The summed E-state index contributed by atoms with van der Waals surface area (Å²) < 4.78 is 0. The number of fused-ring (bicyclic) bond motifs is 3. The summed E-state index contributed by atoms with van der Waals surface area (Å²) >= 11 is 0. The fourth-order valence-electron chi connectivity index (χ4n) is 5.24. The minimum Gasteiger partial charge on any atom is -0.356 e. The summed E-state index contributed by atoms with van der Waals surface area (Å²) in [6, 6.07) is 8.76. The molecule has 1 unspecified atom stereocenters. The molecule has 5 heteroatoms. The van der Waals surface area contributed by atoms with E-state index in [4.69, 9.17) is 0 Å². The van der Waals surface area contributed by atoms with Gasteiger partial charge in [-0.25, -0.2) is 0 Å². The van der Waals surface area contributed by atoms with Crippen molar-refractivity contribution in [3.05, 3.63) is 35.5 Å². The molecular formula is C22H30N4O. The van der Waals surface area contributed by atoms with Crippen LogP contribution >= 0.6 is 0 Å². The first-order valence-corrected chi connectivity index (χ1v) is 10.6. The molecule has 2 aromatic rings. The molecule has 1 aromatic carbocycles. The van der Waals surface area contributed by atoms with Crippen molar-refractivity contribution in [2.75, 3.05) is 45.8 Å². The Labute approximate surface area is 161 Å². The molecule has 1 aromatic heterocycles. The number of benzene rings is 1. The number of H-pyrrole nitrogens is 1. The number of nitrogens with one attached hydrogen (secondary N) is 1. The van der Waals surface area contributed by atoms with Gasteiger partial charge in [0.2, 0.25) is 5.91 Å². The van der Waals surface area contributed by atoms with Crippen molar-refractivity contribution < 1.29 is 4.79 Å². The zero-order chi connectivity index (χ0) is 18.2. The summed E-state index contributed by atoms with van der Waals surface area (Å²) in [5.41, 5.74) is 3.92. The molecule has 2 saturated heterocycles. The quantitative estimate of drug-likeness (QED) is 0.905. The largest absolute Gasteiger partial charge is 0.356 e. The lowest BCUT2D eigenvalue weighted by molar-refractivity contribution is -0.135. The van der Waals surface area contributed by atoms with Gasteiger partial charge < -0.3 is 14.8 Å². The van der Waals surface area contributed by atoms with Crippen molar-refractivity contribution in [1.29, 1.82) is 0 Å². The third-order valence-corrected chi connectivity index (χ3v) is 6.67. The molecule has 0 radical (unpaired) electrons. The van der Waals surface area contributed by atoms with E-state index in [2.05, 4.69) is 43.9 Å². The van der Waals surface area contributed by atoms with Crippen molar-refractivity contribution in [1.82, 2.24) is 19.7 Å². The van der Waals surface area contributed by atoms with Crippen LogP contribution in [0.2, 0.25) is 0 Å². The number of para-hydroxylation sites is 1. The summed E-state index contributed by atoms with van der Waals surface area (Å²) in [6.07, 6.45) is 6.00. The molecular weight excluding hydrogens is 336 g/mol. The van der Waals surface area contributed by atoms with E-state index in [1.807, 2.05) is 0 Å². The van der Waals surface area contributed by atoms with Crippen molar-refractivity contribution in [3.8, 4) is 0 Å². The zero-order valence-corrected chi connectivity index (χ0v) is 16.1. The van der Waals surface area contributed by atoms with Crippen LogP contribution in [0.25, 0.3) is 10.9 Å². The maximum absolute atomic E-state index is 13.2. The second-order valence-corrected chi connectivity index (χ2v) is 8.41. The Balaban J connectivity index is 1.45. The highest BCUT2D eigenvalue weighted by atomic mass is 16.2. The van der Waals surface area contributed by atoms with E-state index in [0.717, 1.165) is 32.6 Å². The minimum atomic E-state index is 0.161. The van der Waals surface area contributed by atoms with Crippen LogP contribution < -0.4 is 0 Å². The molecule has 0 bridgehead atoms. The predicted molar refractivity (Wildman–Crippen MR) is 108 cm³/mol. The van der Waals surface area contributed by atoms with Crippen LogP contribution in [0.3, 0.4) is 0 Å². The monoisotopic (exact) mass is 366 g/mol. The lowest BCUT2D eigenvalue weighted by Gasteiger charge is -2.38. The molecule has 4 heterocycles. The third-order valence-electron chi connectivity index (χ3n) is 6.67. The Kier molecular flexibility index (Phi) is 4.66. The van der Waals surface area contributed by atoms with Crippen LogP contribution in [0.4, 0.5) is 0 Å². The van der Waals surface area contributed by atoms with E-state index in [0.29, 0.717) is 12.5 Å². The smallest absolute Gasteiger partial charge is 0.237 e. The molecule has 3 aliphatic rings. The molecule has 27 heavy (non-hydrogen) atoms. The van der Waals surface area contributed by atoms with Gasteiger partial charge in [0.05, 0.1) is 12.6 Å². The molecule has 5 rings (SSSR count). The molecule has 0 aliphatic carbocycles. The van der Waals surface area contributed by atoms with Crippen molar-refractivity contribution in [2.24, 2.45) is 0 Å². The first kappa shape index (κ1) is 17.3. The molecule has 1 atom stereocenters. The number of likely N-dealkylation sites (tertiary alicyclic amines) is 2. The summed E-state index contributed by atoms with van der Waals surface area (Å²) in [5, 5.41) is 1.34. The number of carbonyl (C=O) groups is 1. The molecule has 5 nitrogen and oxygen atoms in total. The molecule has 0 saturated carbocycles. The van der Waals surface area contributed by atoms with Gasteiger partial charge in [-0.05, 0) is 69.9 Å².